The molecule has 5 nitrogen and oxygen atoms in total. The number of benzene rings is 2. The van der Waals surface area contributed by atoms with Gasteiger partial charge in [-0.25, -0.2) is 4.98 Å². The number of nitrogens with zero attached hydrogens (tertiary/aromatic N) is 2. The van der Waals surface area contributed by atoms with Crippen LogP contribution in [0.25, 0.3) is 0 Å². The molecule has 0 amide bonds. The third-order valence-electron chi connectivity index (χ3n) is 4.00. The number of hydrogen-bond donors (Lipinski definition) is 2. The largest absolute Gasteiger partial charge is 0.489 e. The van der Waals surface area contributed by atoms with Gasteiger partial charge in [-0.1, -0.05) is 38.1 Å². The van der Waals surface area contributed by atoms with Gasteiger partial charge in [0.15, 0.2) is 0 Å². The molecule has 0 unspecified atom stereocenters. The van der Waals surface area contributed by atoms with Gasteiger partial charge in [-0.3, -0.25) is 0 Å². The molecule has 0 bridgehead atoms. The molecule has 5 heteroatoms. The van der Waals surface area contributed by atoms with Crippen LogP contribution in [0.5, 0.6) is 5.75 Å². The van der Waals surface area contributed by atoms with Gasteiger partial charge < -0.3 is 15.4 Å². The lowest BCUT2D eigenvalue weighted by Crippen LogP contribution is -2.08. The van der Waals surface area contributed by atoms with Crippen molar-refractivity contribution in [2.24, 2.45) is 0 Å². The SMILES string of the molecule is CC(C)Oc1ccccc1Nc1nccc(Nc2ccc(C(C)C)cc2)n1. The molecule has 0 saturated carbocycles. The highest BCUT2D eigenvalue weighted by Crippen LogP contribution is 2.27. The summed E-state index contributed by atoms with van der Waals surface area (Å²) in [6.07, 6.45) is 1.82. The molecule has 3 rings (SSSR count). The van der Waals surface area contributed by atoms with E-state index < -0.39 is 0 Å². The van der Waals surface area contributed by atoms with E-state index in [2.05, 4.69) is 58.7 Å². The van der Waals surface area contributed by atoms with Crippen LogP contribution in [0.3, 0.4) is 0 Å². The smallest absolute Gasteiger partial charge is 0.229 e. The summed E-state index contributed by atoms with van der Waals surface area (Å²) in [5.74, 6) is 2.53. The van der Waals surface area contributed by atoms with Crippen LogP contribution in [0.4, 0.5) is 23.1 Å². The van der Waals surface area contributed by atoms with E-state index in [1.165, 1.54) is 5.56 Å². The van der Waals surface area contributed by atoms with Crippen molar-refractivity contribution in [3.63, 3.8) is 0 Å². The highest BCUT2D eigenvalue weighted by atomic mass is 16.5. The van der Waals surface area contributed by atoms with E-state index in [9.17, 15) is 0 Å². The van der Waals surface area contributed by atoms with Gasteiger partial charge in [-0.05, 0) is 55.7 Å². The molecular weight excluding hydrogens is 336 g/mol. The van der Waals surface area contributed by atoms with E-state index in [-0.39, 0.29) is 6.10 Å². The molecule has 1 aromatic heterocycles. The summed E-state index contributed by atoms with van der Waals surface area (Å²) < 4.78 is 5.84. The second kappa shape index (κ2) is 8.54. The standard InChI is InChI=1S/C22H26N4O/c1-15(2)17-9-11-18(12-10-17)24-21-13-14-23-22(26-21)25-19-7-5-6-8-20(19)27-16(3)4/h5-16H,1-4H3,(H2,23,24,25,26). The van der Waals surface area contributed by atoms with E-state index in [0.717, 1.165) is 22.9 Å². The summed E-state index contributed by atoms with van der Waals surface area (Å²) in [6.45, 7) is 8.38. The molecule has 0 aliphatic heterocycles. The maximum Gasteiger partial charge on any atom is 0.229 e. The molecule has 27 heavy (non-hydrogen) atoms. The van der Waals surface area contributed by atoms with Crippen molar-refractivity contribution in [1.29, 1.82) is 0 Å². The van der Waals surface area contributed by atoms with Gasteiger partial charge in [0.2, 0.25) is 5.95 Å². The van der Waals surface area contributed by atoms with Gasteiger partial charge in [0, 0.05) is 11.9 Å². The van der Waals surface area contributed by atoms with Gasteiger partial charge >= 0.3 is 0 Å². The van der Waals surface area contributed by atoms with Crippen LogP contribution >= 0.6 is 0 Å². The second-order valence-corrected chi connectivity index (χ2v) is 6.95. The Morgan fingerprint density at radius 2 is 1.59 bits per heavy atom. The first-order chi connectivity index (χ1) is 13.0. The number of rotatable bonds is 7. The maximum atomic E-state index is 5.84. The summed E-state index contributed by atoms with van der Waals surface area (Å²) >= 11 is 0. The minimum atomic E-state index is 0.0932. The van der Waals surface area contributed by atoms with E-state index >= 15 is 0 Å². The highest BCUT2D eigenvalue weighted by Gasteiger charge is 2.07. The van der Waals surface area contributed by atoms with Crippen molar-refractivity contribution in [2.75, 3.05) is 10.6 Å². The van der Waals surface area contributed by atoms with Crippen molar-refractivity contribution < 1.29 is 4.74 Å². The summed E-state index contributed by atoms with van der Waals surface area (Å²) in [5, 5.41) is 6.56. The number of para-hydroxylation sites is 2. The number of hydrogen-bond acceptors (Lipinski definition) is 5. The first-order valence-electron chi connectivity index (χ1n) is 9.24. The summed E-state index contributed by atoms with van der Waals surface area (Å²) in [6, 6.07) is 18.0. The first kappa shape index (κ1) is 18.7. The van der Waals surface area contributed by atoms with Crippen LogP contribution in [0.15, 0.2) is 60.8 Å². The molecular formula is C22H26N4O. The van der Waals surface area contributed by atoms with E-state index in [1.807, 2.05) is 44.2 Å². The molecule has 0 aliphatic rings. The molecule has 2 aromatic carbocycles. The lowest BCUT2D eigenvalue weighted by molar-refractivity contribution is 0.244. The number of aromatic nitrogens is 2. The Kier molecular flexibility index (Phi) is 5.91. The molecule has 0 fully saturated rings. The van der Waals surface area contributed by atoms with Crippen LogP contribution in [-0.2, 0) is 0 Å². The normalized spacial score (nSPS) is 10.9. The summed E-state index contributed by atoms with van der Waals surface area (Å²) in [4.78, 5) is 8.87. The van der Waals surface area contributed by atoms with Crippen molar-refractivity contribution in [3.05, 3.63) is 66.4 Å². The van der Waals surface area contributed by atoms with E-state index in [4.69, 9.17) is 4.74 Å². The Morgan fingerprint density at radius 1 is 0.852 bits per heavy atom. The molecule has 3 aromatic rings. The molecule has 0 radical (unpaired) electrons. The Labute approximate surface area is 160 Å². The molecule has 1 heterocycles. The summed E-state index contributed by atoms with van der Waals surface area (Å²) in [7, 11) is 0. The predicted octanol–water partition coefficient (Wildman–Crippen LogP) is 5.87. The van der Waals surface area contributed by atoms with E-state index in [1.54, 1.807) is 6.20 Å². The fourth-order valence-corrected chi connectivity index (χ4v) is 2.63. The fraction of sp³-hybridized carbons (Fsp3) is 0.273. The lowest BCUT2D eigenvalue weighted by Gasteiger charge is -2.15. The average Bonchev–Trinajstić information content (AvgIpc) is 2.64. The number of anilines is 4. The Morgan fingerprint density at radius 3 is 2.30 bits per heavy atom. The quantitative estimate of drug-likeness (QED) is 0.550. The molecule has 0 atom stereocenters. The van der Waals surface area contributed by atoms with Crippen molar-refractivity contribution in [3.8, 4) is 5.75 Å². The van der Waals surface area contributed by atoms with Crippen LogP contribution in [0.2, 0.25) is 0 Å². The van der Waals surface area contributed by atoms with Crippen LogP contribution in [0, 0.1) is 0 Å². The maximum absolute atomic E-state index is 5.84. The minimum Gasteiger partial charge on any atom is -0.489 e. The molecule has 0 spiro atoms. The lowest BCUT2D eigenvalue weighted by atomic mass is 10.0. The Balaban J connectivity index is 1.74. The molecule has 2 N–H and O–H groups in total. The number of nitrogens with one attached hydrogen (secondary N) is 2. The van der Waals surface area contributed by atoms with Gasteiger partial charge in [0.25, 0.3) is 0 Å². The van der Waals surface area contributed by atoms with Crippen molar-refractivity contribution in [2.45, 2.75) is 39.7 Å². The third kappa shape index (κ3) is 5.20. The average molecular weight is 362 g/mol. The predicted molar refractivity (Wildman–Crippen MR) is 111 cm³/mol. The molecule has 140 valence electrons. The van der Waals surface area contributed by atoms with E-state index in [0.29, 0.717) is 11.9 Å². The van der Waals surface area contributed by atoms with Gasteiger partial charge in [-0.15, -0.1) is 0 Å². The fourth-order valence-electron chi connectivity index (χ4n) is 2.63. The molecule has 0 aliphatic carbocycles. The highest BCUT2D eigenvalue weighted by molar-refractivity contribution is 5.64. The number of ether oxygens (including phenoxy) is 1. The zero-order valence-electron chi connectivity index (χ0n) is 16.2. The summed E-state index contributed by atoms with van der Waals surface area (Å²) in [5.41, 5.74) is 3.14. The zero-order chi connectivity index (χ0) is 19.2. The first-order valence-corrected chi connectivity index (χ1v) is 9.24. The topological polar surface area (TPSA) is 59.1 Å². The van der Waals surface area contributed by atoms with Crippen molar-refractivity contribution >= 4 is 23.1 Å². The van der Waals surface area contributed by atoms with Crippen molar-refractivity contribution in [1.82, 2.24) is 9.97 Å². The van der Waals surface area contributed by atoms with Gasteiger partial charge in [-0.2, -0.15) is 4.98 Å². The van der Waals surface area contributed by atoms with Crippen LogP contribution < -0.4 is 15.4 Å². The molecule has 0 saturated heterocycles. The Hall–Kier alpha value is -3.08. The van der Waals surface area contributed by atoms with Gasteiger partial charge in [0.05, 0.1) is 11.8 Å². The minimum absolute atomic E-state index is 0.0932. The van der Waals surface area contributed by atoms with Crippen LogP contribution in [-0.4, -0.2) is 16.1 Å². The van der Waals surface area contributed by atoms with Gasteiger partial charge in [0.1, 0.15) is 11.6 Å². The third-order valence-corrected chi connectivity index (χ3v) is 4.00. The zero-order valence-corrected chi connectivity index (χ0v) is 16.2. The second-order valence-electron chi connectivity index (χ2n) is 6.95. The Bertz CT molecular complexity index is 875. The monoisotopic (exact) mass is 362 g/mol. The van der Waals surface area contributed by atoms with Crippen LogP contribution in [0.1, 0.15) is 39.2 Å².